The second kappa shape index (κ2) is 4.00. The highest BCUT2D eigenvalue weighted by molar-refractivity contribution is 6.19. The number of aromatic nitrogens is 1. The first-order chi connectivity index (χ1) is 5.34. The molecule has 0 aromatic carbocycles. The van der Waals surface area contributed by atoms with Gasteiger partial charge in [-0.2, -0.15) is 0 Å². The molecule has 0 saturated heterocycles. The van der Waals surface area contributed by atoms with Crippen molar-refractivity contribution in [3.63, 3.8) is 0 Å². The van der Waals surface area contributed by atoms with Gasteiger partial charge < -0.3 is 0 Å². The first kappa shape index (κ1) is 8.10. The van der Waals surface area contributed by atoms with Gasteiger partial charge in [0.2, 0.25) is 0 Å². The second-order valence-corrected chi connectivity index (χ2v) is 2.37. The zero-order valence-electron chi connectivity index (χ0n) is 6.26. The fourth-order valence-corrected chi connectivity index (χ4v) is 0.800. The molecule has 0 aliphatic rings. The van der Waals surface area contributed by atoms with Crippen LogP contribution in [0.25, 0.3) is 0 Å². The lowest BCUT2D eigenvalue weighted by molar-refractivity contribution is 1.23. The third kappa shape index (κ3) is 2.25. The zero-order valence-corrected chi connectivity index (χ0v) is 7.02. The van der Waals surface area contributed by atoms with Crippen LogP contribution in [0.3, 0.4) is 0 Å². The summed E-state index contributed by atoms with van der Waals surface area (Å²) < 4.78 is 0. The molecule has 0 atom stereocenters. The van der Waals surface area contributed by atoms with Gasteiger partial charge >= 0.3 is 0 Å². The largest absolute Gasteiger partial charge is 0.248 e. The minimum absolute atomic E-state index is 0.357. The van der Waals surface area contributed by atoms with Crippen LogP contribution < -0.4 is 0 Å². The minimum Gasteiger partial charge on any atom is -0.248 e. The van der Waals surface area contributed by atoms with Crippen LogP contribution in [-0.2, 0) is 0 Å². The van der Waals surface area contributed by atoms with Crippen molar-refractivity contribution >= 4 is 11.6 Å². The van der Waals surface area contributed by atoms with Crippen LogP contribution in [0.5, 0.6) is 0 Å². The highest BCUT2D eigenvalue weighted by Crippen LogP contribution is 1.99. The fraction of sp³-hybridized carbons (Fsp3) is 0.222. The van der Waals surface area contributed by atoms with E-state index in [0.29, 0.717) is 5.88 Å². The number of hydrogen-bond acceptors (Lipinski definition) is 1. The number of pyridine rings is 1. The third-order valence-corrected chi connectivity index (χ3v) is 1.42. The van der Waals surface area contributed by atoms with Crippen molar-refractivity contribution in [2.75, 3.05) is 5.88 Å². The Morgan fingerprint density at radius 1 is 1.64 bits per heavy atom. The maximum absolute atomic E-state index is 5.40. The molecular weight excluding hydrogens is 158 g/mol. The minimum atomic E-state index is 0.357. The second-order valence-electron chi connectivity index (χ2n) is 2.10. The van der Waals surface area contributed by atoms with Gasteiger partial charge in [0.05, 0.1) is 5.88 Å². The van der Waals surface area contributed by atoms with E-state index < -0.39 is 0 Å². The number of rotatable bonds is 0. The van der Waals surface area contributed by atoms with Crippen LogP contribution in [0.4, 0.5) is 0 Å². The smallest absolute Gasteiger partial charge is 0.116 e. The highest BCUT2D eigenvalue weighted by atomic mass is 35.5. The Kier molecular flexibility index (Phi) is 2.95. The number of alkyl halides is 1. The molecule has 1 aromatic heterocycles. The Morgan fingerprint density at radius 2 is 2.45 bits per heavy atom. The van der Waals surface area contributed by atoms with Crippen LogP contribution in [0.15, 0.2) is 18.3 Å². The summed E-state index contributed by atoms with van der Waals surface area (Å²) in [6, 6.07) is 3.87. The van der Waals surface area contributed by atoms with Crippen molar-refractivity contribution < 1.29 is 0 Å². The summed E-state index contributed by atoms with van der Waals surface area (Å²) in [5.74, 6) is 5.98. The van der Waals surface area contributed by atoms with Gasteiger partial charge in [0.25, 0.3) is 0 Å². The molecule has 0 amide bonds. The zero-order chi connectivity index (χ0) is 8.10. The molecule has 2 heteroatoms. The first-order valence-corrected chi connectivity index (χ1v) is 3.84. The van der Waals surface area contributed by atoms with Crippen LogP contribution in [0.1, 0.15) is 11.3 Å². The maximum Gasteiger partial charge on any atom is 0.116 e. The first-order valence-electron chi connectivity index (χ1n) is 3.31. The molecule has 0 fully saturated rings. The molecule has 0 radical (unpaired) electrons. The summed E-state index contributed by atoms with van der Waals surface area (Å²) in [5.41, 5.74) is 1.90. The highest BCUT2D eigenvalue weighted by Gasteiger charge is 1.90. The predicted octanol–water partition coefficient (Wildman–Crippen LogP) is 1.98. The number of halogens is 1. The fourth-order valence-electron chi connectivity index (χ4n) is 0.734. The van der Waals surface area contributed by atoms with Gasteiger partial charge in [-0.25, -0.2) is 4.98 Å². The summed E-state index contributed by atoms with van der Waals surface area (Å²) in [7, 11) is 0. The molecule has 1 nitrogen and oxygen atoms in total. The quantitative estimate of drug-likeness (QED) is 0.423. The average molecular weight is 166 g/mol. The van der Waals surface area contributed by atoms with E-state index in [9.17, 15) is 0 Å². The molecule has 0 N–H and O–H groups in total. The monoisotopic (exact) mass is 165 g/mol. The van der Waals surface area contributed by atoms with Crippen molar-refractivity contribution in [2.24, 2.45) is 0 Å². The molecule has 0 spiro atoms. The molecular formula is C9H8ClN. The predicted molar refractivity (Wildman–Crippen MR) is 46.6 cm³/mol. The lowest BCUT2D eigenvalue weighted by atomic mass is 10.2. The standard InChI is InChI=1S/C9H8ClN/c1-8-4-3-7-11-9(8)5-2-6-10/h3-4,7H,6H2,1H3. The van der Waals surface area contributed by atoms with Crippen LogP contribution >= 0.6 is 11.6 Å². The van der Waals surface area contributed by atoms with Gasteiger partial charge in [0, 0.05) is 6.20 Å². The van der Waals surface area contributed by atoms with Gasteiger partial charge in [-0.1, -0.05) is 12.0 Å². The molecule has 0 aliphatic heterocycles. The normalized spacial score (nSPS) is 8.55. The molecule has 0 bridgehead atoms. The Bertz CT molecular complexity index is 296. The van der Waals surface area contributed by atoms with Crippen molar-refractivity contribution in [1.82, 2.24) is 4.98 Å². The molecule has 56 valence electrons. The van der Waals surface area contributed by atoms with E-state index in [1.165, 1.54) is 0 Å². The maximum atomic E-state index is 5.40. The Morgan fingerprint density at radius 3 is 3.09 bits per heavy atom. The SMILES string of the molecule is Cc1cccnc1C#CCCl. The van der Waals surface area contributed by atoms with E-state index in [4.69, 9.17) is 11.6 Å². The molecule has 11 heavy (non-hydrogen) atoms. The topological polar surface area (TPSA) is 12.9 Å². The van der Waals surface area contributed by atoms with Crippen LogP contribution in [0, 0.1) is 18.8 Å². The van der Waals surface area contributed by atoms with Crippen molar-refractivity contribution in [1.29, 1.82) is 0 Å². The van der Waals surface area contributed by atoms with Gasteiger partial charge in [-0.05, 0) is 24.5 Å². The average Bonchev–Trinajstić information content (AvgIpc) is 2.03. The van der Waals surface area contributed by atoms with Crippen molar-refractivity contribution in [3.8, 4) is 11.8 Å². The van der Waals surface area contributed by atoms with E-state index in [2.05, 4.69) is 16.8 Å². The number of aryl methyl sites for hydroxylation is 1. The number of nitrogens with zero attached hydrogens (tertiary/aromatic N) is 1. The van der Waals surface area contributed by atoms with Gasteiger partial charge in [0.1, 0.15) is 5.69 Å². The van der Waals surface area contributed by atoms with Crippen LogP contribution in [-0.4, -0.2) is 10.9 Å². The molecule has 0 unspecified atom stereocenters. The summed E-state index contributed by atoms with van der Waals surface area (Å²) >= 11 is 5.40. The third-order valence-electron chi connectivity index (χ3n) is 1.28. The summed E-state index contributed by atoms with van der Waals surface area (Å²) in [6.45, 7) is 1.98. The summed E-state index contributed by atoms with van der Waals surface area (Å²) in [6.07, 6.45) is 1.73. The number of hydrogen-bond donors (Lipinski definition) is 0. The van der Waals surface area contributed by atoms with Gasteiger partial charge in [0.15, 0.2) is 0 Å². The van der Waals surface area contributed by atoms with E-state index in [-0.39, 0.29) is 0 Å². The molecule has 0 aliphatic carbocycles. The van der Waals surface area contributed by atoms with E-state index >= 15 is 0 Å². The lowest BCUT2D eigenvalue weighted by Gasteiger charge is -1.92. The Hall–Kier alpha value is -1.00. The van der Waals surface area contributed by atoms with Crippen molar-refractivity contribution in [2.45, 2.75) is 6.92 Å². The molecule has 1 aromatic rings. The van der Waals surface area contributed by atoms with E-state index in [0.717, 1.165) is 11.3 Å². The van der Waals surface area contributed by atoms with Crippen molar-refractivity contribution in [3.05, 3.63) is 29.6 Å². The van der Waals surface area contributed by atoms with E-state index in [1.807, 2.05) is 19.1 Å². The van der Waals surface area contributed by atoms with Crippen LogP contribution in [0.2, 0.25) is 0 Å². The van der Waals surface area contributed by atoms with Gasteiger partial charge in [-0.15, -0.1) is 11.6 Å². The summed E-state index contributed by atoms with van der Waals surface area (Å²) in [4.78, 5) is 4.08. The molecule has 1 rings (SSSR count). The summed E-state index contributed by atoms with van der Waals surface area (Å²) in [5, 5.41) is 0. The Labute approximate surface area is 71.4 Å². The lowest BCUT2D eigenvalue weighted by Crippen LogP contribution is -1.85. The molecule has 0 saturated carbocycles. The molecule has 1 heterocycles. The van der Waals surface area contributed by atoms with Gasteiger partial charge in [-0.3, -0.25) is 0 Å². The van der Waals surface area contributed by atoms with E-state index in [1.54, 1.807) is 6.20 Å². The Balaban J connectivity index is 2.95.